The average molecular weight is 351 g/mol. The minimum absolute atomic E-state index is 0.00783. The zero-order valence-corrected chi connectivity index (χ0v) is 14.1. The van der Waals surface area contributed by atoms with Crippen molar-refractivity contribution in [1.82, 2.24) is 10.2 Å². The van der Waals surface area contributed by atoms with Crippen molar-refractivity contribution in [3.8, 4) is 0 Å². The third-order valence-corrected chi connectivity index (χ3v) is 4.44. The van der Waals surface area contributed by atoms with Crippen molar-refractivity contribution >= 4 is 27.9 Å². The molecular weight excluding hydrogens is 328 g/mol. The number of benzene rings is 1. The molecule has 0 radical (unpaired) electrons. The highest BCUT2D eigenvalue weighted by Crippen LogP contribution is 2.15. The summed E-state index contributed by atoms with van der Waals surface area (Å²) in [5, 5.41) is 3.02. The molecule has 2 rings (SSSR count). The fraction of sp³-hybridized carbons (Fsp3) is 0.471. The van der Waals surface area contributed by atoms with E-state index >= 15 is 0 Å². The second-order valence-electron chi connectivity index (χ2n) is 5.53. The van der Waals surface area contributed by atoms with Crippen molar-refractivity contribution in [3.63, 3.8) is 0 Å². The smallest absolute Gasteiger partial charge is 0.244 e. The maximum Gasteiger partial charge on any atom is 0.244 e. The number of nitrogens with one attached hydrogen (secondary N) is 1. The number of halogens is 1. The predicted molar refractivity (Wildman–Crippen MR) is 91.0 cm³/mol. The van der Waals surface area contributed by atoms with Gasteiger partial charge < -0.3 is 10.2 Å². The Morgan fingerprint density at radius 3 is 2.90 bits per heavy atom. The first-order chi connectivity index (χ1) is 10.2. The van der Waals surface area contributed by atoms with Crippen molar-refractivity contribution in [2.75, 3.05) is 26.2 Å². The van der Waals surface area contributed by atoms with E-state index in [1.54, 1.807) is 6.08 Å². The molecule has 1 aliphatic rings. The van der Waals surface area contributed by atoms with Crippen LogP contribution < -0.4 is 5.32 Å². The number of likely N-dealkylation sites (tertiary alicyclic amines) is 1. The lowest BCUT2D eigenvalue weighted by molar-refractivity contribution is -0.116. The minimum Gasteiger partial charge on any atom is -0.352 e. The first-order valence-corrected chi connectivity index (χ1v) is 8.40. The number of piperidine rings is 1. The molecule has 1 aromatic rings. The quantitative estimate of drug-likeness (QED) is 0.826. The molecule has 21 heavy (non-hydrogen) atoms. The summed E-state index contributed by atoms with van der Waals surface area (Å²) in [6.07, 6.45) is 5.92. The Labute approximate surface area is 135 Å². The van der Waals surface area contributed by atoms with Crippen molar-refractivity contribution in [3.05, 3.63) is 40.4 Å². The molecule has 0 aliphatic carbocycles. The first kappa shape index (κ1) is 16.2. The van der Waals surface area contributed by atoms with Crippen LogP contribution >= 0.6 is 15.9 Å². The SMILES string of the molecule is CCN1CCCC(CNC(=O)C=Cc2ccc(Br)cc2)C1. The lowest BCUT2D eigenvalue weighted by Gasteiger charge is -2.31. The van der Waals surface area contributed by atoms with Gasteiger partial charge in [0.05, 0.1) is 0 Å². The average Bonchev–Trinajstić information content (AvgIpc) is 2.52. The molecule has 1 amide bonds. The summed E-state index contributed by atoms with van der Waals surface area (Å²) in [7, 11) is 0. The molecule has 1 aliphatic heterocycles. The van der Waals surface area contributed by atoms with E-state index in [1.807, 2.05) is 30.3 Å². The van der Waals surface area contributed by atoms with Gasteiger partial charge in [-0.1, -0.05) is 35.0 Å². The van der Waals surface area contributed by atoms with Crippen LogP contribution in [-0.4, -0.2) is 37.0 Å². The van der Waals surface area contributed by atoms with Gasteiger partial charge in [-0.25, -0.2) is 0 Å². The fourth-order valence-electron chi connectivity index (χ4n) is 2.65. The summed E-state index contributed by atoms with van der Waals surface area (Å²) in [6.45, 7) is 6.38. The third kappa shape index (κ3) is 5.64. The van der Waals surface area contributed by atoms with E-state index in [0.717, 1.165) is 29.7 Å². The summed E-state index contributed by atoms with van der Waals surface area (Å²) in [5.41, 5.74) is 1.03. The van der Waals surface area contributed by atoms with Gasteiger partial charge >= 0.3 is 0 Å². The van der Waals surface area contributed by atoms with Crippen LogP contribution in [0.25, 0.3) is 6.08 Å². The molecule has 0 spiro atoms. The fourth-order valence-corrected chi connectivity index (χ4v) is 2.92. The van der Waals surface area contributed by atoms with E-state index in [1.165, 1.54) is 19.4 Å². The molecule has 4 heteroatoms. The van der Waals surface area contributed by atoms with Gasteiger partial charge in [0, 0.05) is 23.6 Å². The first-order valence-electron chi connectivity index (χ1n) is 7.61. The van der Waals surface area contributed by atoms with Crippen LogP contribution in [0.2, 0.25) is 0 Å². The molecule has 0 saturated carbocycles. The van der Waals surface area contributed by atoms with Crippen LogP contribution in [0.1, 0.15) is 25.3 Å². The largest absolute Gasteiger partial charge is 0.352 e. The molecule has 3 nitrogen and oxygen atoms in total. The van der Waals surface area contributed by atoms with Crippen molar-refractivity contribution < 1.29 is 4.79 Å². The van der Waals surface area contributed by atoms with Gasteiger partial charge in [-0.15, -0.1) is 0 Å². The maximum atomic E-state index is 11.9. The number of amides is 1. The number of carbonyl (C=O) groups excluding carboxylic acids is 1. The Balaban J connectivity index is 1.75. The minimum atomic E-state index is -0.00783. The molecule has 0 bridgehead atoms. The molecule has 1 aromatic carbocycles. The monoisotopic (exact) mass is 350 g/mol. The van der Waals surface area contributed by atoms with E-state index in [9.17, 15) is 4.79 Å². The summed E-state index contributed by atoms with van der Waals surface area (Å²) in [4.78, 5) is 14.3. The number of hydrogen-bond acceptors (Lipinski definition) is 2. The van der Waals surface area contributed by atoms with E-state index in [-0.39, 0.29) is 5.91 Å². The molecule has 1 saturated heterocycles. The molecular formula is C17H23BrN2O. The van der Waals surface area contributed by atoms with E-state index < -0.39 is 0 Å². The predicted octanol–water partition coefficient (Wildman–Crippen LogP) is 3.31. The lowest BCUT2D eigenvalue weighted by Crippen LogP contribution is -2.40. The van der Waals surface area contributed by atoms with Crippen LogP contribution in [0, 0.1) is 5.92 Å². The molecule has 1 N–H and O–H groups in total. The van der Waals surface area contributed by atoms with E-state index in [0.29, 0.717) is 5.92 Å². The zero-order valence-electron chi connectivity index (χ0n) is 12.5. The Morgan fingerprint density at radius 2 is 2.19 bits per heavy atom. The molecule has 1 fully saturated rings. The summed E-state index contributed by atoms with van der Waals surface area (Å²) in [5.74, 6) is 0.579. The summed E-state index contributed by atoms with van der Waals surface area (Å²) >= 11 is 3.40. The Kier molecular flexibility index (Phi) is 6.46. The van der Waals surface area contributed by atoms with Gasteiger partial charge in [0.2, 0.25) is 5.91 Å². The van der Waals surface area contributed by atoms with E-state index in [4.69, 9.17) is 0 Å². The van der Waals surface area contributed by atoms with E-state index in [2.05, 4.69) is 33.1 Å². The van der Waals surface area contributed by atoms with Crippen molar-refractivity contribution in [2.24, 2.45) is 5.92 Å². The summed E-state index contributed by atoms with van der Waals surface area (Å²) < 4.78 is 1.04. The third-order valence-electron chi connectivity index (χ3n) is 3.91. The molecule has 1 atom stereocenters. The Hall–Kier alpha value is -1.13. The van der Waals surface area contributed by atoms with Crippen LogP contribution in [0.15, 0.2) is 34.8 Å². The van der Waals surface area contributed by atoms with Gasteiger partial charge in [0.25, 0.3) is 0 Å². The topological polar surface area (TPSA) is 32.3 Å². The highest BCUT2D eigenvalue weighted by Gasteiger charge is 2.18. The number of hydrogen-bond donors (Lipinski definition) is 1. The lowest BCUT2D eigenvalue weighted by atomic mass is 9.98. The molecule has 0 aromatic heterocycles. The van der Waals surface area contributed by atoms with Crippen molar-refractivity contribution in [1.29, 1.82) is 0 Å². The summed E-state index contributed by atoms with van der Waals surface area (Å²) in [6, 6.07) is 7.90. The van der Waals surface area contributed by atoms with Crippen LogP contribution in [0.5, 0.6) is 0 Å². The van der Waals surface area contributed by atoms with Crippen molar-refractivity contribution in [2.45, 2.75) is 19.8 Å². The maximum absolute atomic E-state index is 11.9. The van der Waals surface area contributed by atoms with Crippen LogP contribution in [0.4, 0.5) is 0 Å². The molecule has 1 unspecified atom stereocenters. The standard InChI is InChI=1S/C17H23BrN2O/c1-2-20-11-3-4-15(13-20)12-19-17(21)10-7-14-5-8-16(18)9-6-14/h5-10,15H,2-4,11-13H2,1H3,(H,19,21). The van der Waals surface area contributed by atoms with Gasteiger partial charge in [-0.3, -0.25) is 4.79 Å². The second kappa shape index (κ2) is 8.35. The van der Waals surface area contributed by atoms with Gasteiger partial charge in [0.15, 0.2) is 0 Å². The van der Waals surface area contributed by atoms with Crippen LogP contribution in [0.3, 0.4) is 0 Å². The van der Waals surface area contributed by atoms with Gasteiger partial charge in [-0.05, 0) is 55.6 Å². The zero-order chi connectivity index (χ0) is 15.1. The highest BCUT2D eigenvalue weighted by molar-refractivity contribution is 9.10. The Morgan fingerprint density at radius 1 is 1.43 bits per heavy atom. The Bertz CT molecular complexity index is 484. The highest BCUT2D eigenvalue weighted by atomic mass is 79.9. The number of carbonyl (C=O) groups is 1. The van der Waals surface area contributed by atoms with Crippen LogP contribution in [-0.2, 0) is 4.79 Å². The number of nitrogens with zero attached hydrogens (tertiary/aromatic N) is 1. The second-order valence-corrected chi connectivity index (χ2v) is 6.45. The molecule has 1 heterocycles. The number of rotatable bonds is 5. The van der Waals surface area contributed by atoms with Gasteiger partial charge in [-0.2, -0.15) is 0 Å². The normalized spacial score (nSPS) is 19.8. The van der Waals surface area contributed by atoms with Gasteiger partial charge in [0.1, 0.15) is 0 Å². The molecule has 114 valence electrons.